The molecule has 0 amide bonds. The highest BCUT2D eigenvalue weighted by Gasteiger charge is 2.33. The Morgan fingerprint density at radius 3 is 2.47 bits per heavy atom. The minimum absolute atomic E-state index is 0.216. The Bertz CT molecular complexity index is 1450. The molecule has 2 aromatic carbocycles. The first-order valence-corrected chi connectivity index (χ1v) is 12.1. The number of halogens is 1. The van der Waals surface area contributed by atoms with Gasteiger partial charge in [0.05, 0.1) is 19.0 Å². The largest absolute Gasteiger partial charge is 0.481 e. The highest BCUT2D eigenvalue weighted by atomic mass is 32.3. The van der Waals surface area contributed by atoms with E-state index in [9.17, 15) is 4.39 Å². The molecule has 1 saturated heterocycles. The molecule has 2 aromatic heterocycles. The van der Waals surface area contributed by atoms with Gasteiger partial charge in [-0.2, -0.15) is 8.42 Å². The Balaban J connectivity index is 0.000000556. The number of anilines is 1. The lowest BCUT2D eigenvalue weighted by atomic mass is 9.88. The molecule has 11 nitrogen and oxygen atoms in total. The van der Waals surface area contributed by atoms with Crippen molar-refractivity contribution in [1.29, 1.82) is 0 Å². The van der Waals surface area contributed by atoms with Gasteiger partial charge >= 0.3 is 10.4 Å². The number of benzene rings is 2. The van der Waals surface area contributed by atoms with Crippen LogP contribution < -0.4 is 9.64 Å². The number of rotatable bonds is 6. The van der Waals surface area contributed by atoms with Crippen LogP contribution in [0.4, 0.5) is 10.3 Å². The lowest BCUT2D eigenvalue weighted by molar-refractivity contribution is 0.176. The van der Waals surface area contributed by atoms with Crippen molar-refractivity contribution in [2.75, 3.05) is 32.2 Å². The van der Waals surface area contributed by atoms with Crippen molar-refractivity contribution in [3.8, 4) is 11.6 Å². The molecule has 13 heteroatoms. The van der Waals surface area contributed by atoms with Crippen molar-refractivity contribution in [2.45, 2.75) is 12.5 Å². The molecule has 0 unspecified atom stereocenters. The van der Waals surface area contributed by atoms with E-state index < -0.39 is 10.4 Å². The van der Waals surface area contributed by atoms with E-state index in [0.717, 1.165) is 35.5 Å². The van der Waals surface area contributed by atoms with E-state index in [1.807, 2.05) is 34.9 Å². The van der Waals surface area contributed by atoms with Crippen LogP contribution in [0.15, 0.2) is 54.7 Å². The number of fused-ring (bicyclic) bond motifs is 1. The first-order chi connectivity index (χ1) is 17.2. The number of hydrogen-bond acceptors (Lipinski definition) is 8. The molecule has 0 atom stereocenters. The number of nitrogens with zero attached hydrogens (tertiary/aromatic N) is 5. The second-order valence-corrected chi connectivity index (χ2v) is 8.90. The highest BCUT2D eigenvalue weighted by Crippen LogP contribution is 2.36. The second-order valence-electron chi connectivity index (χ2n) is 8.01. The molecule has 0 spiro atoms. The summed E-state index contributed by atoms with van der Waals surface area (Å²) in [6.45, 7) is 1.93. The number of aromatic nitrogens is 4. The third kappa shape index (κ3) is 5.76. The average Bonchev–Trinajstić information content (AvgIpc) is 3.20. The zero-order valence-electron chi connectivity index (χ0n) is 19.4. The zero-order valence-corrected chi connectivity index (χ0v) is 20.3. The molecule has 0 bridgehead atoms. The van der Waals surface area contributed by atoms with Crippen molar-refractivity contribution in [2.24, 2.45) is 0 Å². The maximum absolute atomic E-state index is 13.6. The van der Waals surface area contributed by atoms with Gasteiger partial charge in [0, 0.05) is 32.2 Å². The lowest BCUT2D eigenvalue weighted by Crippen LogP contribution is -2.46. The fourth-order valence-electron chi connectivity index (χ4n) is 4.10. The van der Waals surface area contributed by atoms with Crippen LogP contribution in [0.2, 0.25) is 0 Å². The van der Waals surface area contributed by atoms with Crippen LogP contribution in [0.25, 0.3) is 16.5 Å². The predicted octanol–water partition coefficient (Wildman–Crippen LogP) is 3.06. The predicted molar refractivity (Wildman–Crippen MR) is 129 cm³/mol. The van der Waals surface area contributed by atoms with Crippen LogP contribution in [0, 0.1) is 5.82 Å². The highest BCUT2D eigenvalue weighted by molar-refractivity contribution is 7.79. The summed E-state index contributed by atoms with van der Waals surface area (Å²) < 4.78 is 57.6. The third-order valence-corrected chi connectivity index (χ3v) is 5.65. The van der Waals surface area contributed by atoms with Gasteiger partial charge < -0.3 is 14.4 Å². The normalized spacial score (nSPS) is 13.8. The van der Waals surface area contributed by atoms with Crippen molar-refractivity contribution in [3.05, 3.63) is 71.9 Å². The van der Waals surface area contributed by atoms with E-state index in [0.29, 0.717) is 24.2 Å². The maximum Gasteiger partial charge on any atom is 0.394 e. The van der Waals surface area contributed by atoms with Gasteiger partial charge in [-0.3, -0.25) is 13.7 Å². The fraction of sp³-hybridized carbons (Fsp3) is 0.261. The van der Waals surface area contributed by atoms with Crippen molar-refractivity contribution in [3.63, 3.8) is 0 Å². The minimum Gasteiger partial charge on any atom is -0.481 e. The molecule has 0 saturated carbocycles. The molecule has 1 aliphatic rings. The van der Waals surface area contributed by atoms with Gasteiger partial charge in [0.25, 0.3) is 0 Å². The van der Waals surface area contributed by atoms with E-state index in [1.54, 1.807) is 26.5 Å². The summed E-state index contributed by atoms with van der Waals surface area (Å²) in [4.78, 5) is 6.50. The Morgan fingerprint density at radius 2 is 1.83 bits per heavy atom. The van der Waals surface area contributed by atoms with Crippen LogP contribution in [0.1, 0.15) is 17.3 Å². The molecule has 5 rings (SSSR count). The number of hydrogen-bond donors (Lipinski definition) is 2. The maximum atomic E-state index is 13.6. The first kappa shape index (κ1) is 25.4. The molecule has 1 aliphatic heterocycles. The van der Waals surface area contributed by atoms with Gasteiger partial charge in [-0.1, -0.05) is 24.3 Å². The van der Waals surface area contributed by atoms with Gasteiger partial charge in [-0.15, -0.1) is 10.2 Å². The molecule has 36 heavy (non-hydrogen) atoms. The quantitative estimate of drug-likeness (QED) is 0.367. The molecular formula is C23H24FN5O6S. The van der Waals surface area contributed by atoms with E-state index in [4.69, 9.17) is 27.0 Å². The van der Waals surface area contributed by atoms with Crippen LogP contribution in [-0.4, -0.2) is 64.6 Å². The summed E-state index contributed by atoms with van der Waals surface area (Å²) >= 11 is 0. The molecule has 4 aromatic rings. The van der Waals surface area contributed by atoms with E-state index >= 15 is 0 Å². The van der Waals surface area contributed by atoms with E-state index in [-0.39, 0.29) is 5.82 Å². The minimum atomic E-state index is -4.67. The van der Waals surface area contributed by atoms with E-state index in [2.05, 4.69) is 26.1 Å². The molecule has 2 N–H and O–H groups in total. The average molecular weight is 518 g/mol. The topological polar surface area (TPSA) is 140 Å². The monoisotopic (exact) mass is 517 g/mol. The first-order valence-electron chi connectivity index (χ1n) is 10.7. The second kappa shape index (κ2) is 10.5. The molecule has 0 aliphatic carbocycles. The Morgan fingerprint density at radius 1 is 1.08 bits per heavy atom. The molecule has 190 valence electrons. The summed E-state index contributed by atoms with van der Waals surface area (Å²) in [5.74, 6) is 2.11. The van der Waals surface area contributed by atoms with Crippen molar-refractivity contribution >= 4 is 27.1 Å². The van der Waals surface area contributed by atoms with Gasteiger partial charge in [-0.05, 0) is 34.5 Å². The summed E-state index contributed by atoms with van der Waals surface area (Å²) in [6, 6.07) is 14.8. The Kier molecular flexibility index (Phi) is 7.45. The molecular weight excluding hydrogens is 493 g/mol. The Hall–Kier alpha value is -3.65. The van der Waals surface area contributed by atoms with Crippen LogP contribution in [-0.2, 0) is 21.7 Å². The Labute approximate surface area is 206 Å². The van der Waals surface area contributed by atoms with E-state index in [1.165, 1.54) is 11.6 Å². The number of methoxy groups -OCH3 is 2. The number of pyridine rings is 1. The molecule has 0 radical (unpaired) electrons. The van der Waals surface area contributed by atoms with Crippen LogP contribution >= 0.6 is 0 Å². The molecule has 1 fully saturated rings. The van der Waals surface area contributed by atoms with Crippen LogP contribution in [0.5, 0.6) is 5.88 Å². The summed E-state index contributed by atoms with van der Waals surface area (Å²) in [7, 11) is -1.45. The standard InChI is InChI=1S/C23H22FN5O2.H2O4S/c1-30-14-21-26-27-23(29(21)18-7-9-22(31-2)25-11-18)28-12-16(13-28)19-5-3-4-15-10-17(24)6-8-20(15)19;1-5(2,3)4/h3-11,16H,12-14H2,1-2H3;(H2,1,2,3,4). The SMILES string of the molecule is COCc1nnc(N2CC(c3cccc4cc(F)ccc34)C2)n1-c1ccc(OC)nc1.O=S(=O)(O)O. The summed E-state index contributed by atoms with van der Waals surface area (Å²) in [6.07, 6.45) is 1.74. The summed E-state index contributed by atoms with van der Waals surface area (Å²) in [5.41, 5.74) is 2.07. The van der Waals surface area contributed by atoms with Gasteiger partial charge in [0.15, 0.2) is 5.82 Å². The summed E-state index contributed by atoms with van der Waals surface area (Å²) in [5, 5.41) is 10.8. The van der Waals surface area contributed by atoms with Gasteiger partial charge in [0.2, 0.25) is 11.8 Å². The van der Waals surface area contributed by atoms with Crippen LogP contribution in [0.3, 0.4) is 0 Å². The van der Waals surface area contributed by atoms with Crippen molar-refractivity contribution < 1.29 is 31.4 Å². The number of ether oxygens (including phenoxy) is 2. The fourth-order valence-corrected chi connectivity index (χ4v) is 4.10. The lowest BCUT2D eigenvalue weighted by Gasteiger charge is -2.40. The van der Waals surface area contributed by atoms with Gasteiger partial charge in [-0.25, -0.2) is 9.37 Å². The van der Waals surface area contributed by atoms with Crippen molar-refractivity contribution in [1.82, 2.24) is 19.7 Å². The zero-order chi connectivity index (χ0) is 25.9. The smallest absolute Gasteiger partial charge is 0.394 e. The third-order valence-electron chi connectivity index (χ3n) is 5.65. The molecule has 3 heterocycles. The van der Waals surface area contributed by atoms with Gasteiger partial charge in [0.1, 0.15) is 12.4 Å².